The molecule has 0 radical (unpaired) electrons. The molecular formula is C13H11ClFN5. The van der Waals surface area contributed by atoms with E-state index in [1.807, 2.05) is 18.4 Å². The van der Waals surface area contributed by atoms with Crippen LogP contribution in [0.15, 0.2) is 24.7 Å². The maximum Gasteiger partial charge on any atom is 0.241 e. The van der Waals surface area contributed by atoms with Crippen molar-refractivity contribution >= 4 is 22.6 Å². The lowest BCUT2D eigenvalue weighted by Crippen LogP contribution is -2.00. The average molecular weight is 292 g/mol. The third kappa shape index (κ3) is 2.12. The lowest BCUT2D eigenvalue weighted by molar-refractivity contribution is 0.594. The summed E-state index contributed by atoms with van der Waals surface area (Å²) in [6.45, 7) is 4.00. The molecule has 0 saturated carbocycles. The number of halogens is 2. The van der Waals surface area contributed by atoms with E-state index in [0.29, 0.717) is 16.9 Å². The van der Waals surface area contributed by atoms with Crippen molar-refractivity contribution in [2.45, 2.75) is 19.9 Å². The van der Waals surface area contributed by atoms with Crippen LogP contribution in [-0.4, -0.2) is 24.5 Å². The van der Waals surface area contributed by atoms with Crippen molar-refractivity contribution in [1.29, 1.82) is 0 Å². The van der Waals surface area contributed by atoms with Crippen LogP contribution in [0.5, 0.6) is 0 Å². The minimum absolute atomic E-state index is 0.0992. The number of fused-ring (bicyclic) bond motifs is 1. The summed E-state index contributed by atoms with van der Waals surface area (Å²) in [5.74, 6) is -0.619. The van der Waals surface area contributed by atoms with Gasteiger partial charge in [-0.25, -0.2) is 19.9 Å². The molecule has 3 rings (SSSR count). The summed E-state index contributed by atoms with van der Waals surface area (Å²) in [5, 5.41) is 0.0992. The van der Waals surface area contributed by atoms with Gasteiger partial charge in [0.05, 0.1) is 23.2 Å². The largest absolute Gasteiger partial charge is 0.328 e. The Labute approximate surface area is 119 Å². The molecule has 0 unspecified atom stereocenters. The van der Waals surface area contributed by atoms with Gasteiger partial charge in [0.25, 0.3) is 0 Å². The topological polar surface area (TPSA) is 56.5 Å². The van der Waals surface area contributed by atoms with Crippen LogP contribution in [0, 0.1) is 5.95 Å². The van der Waals surface area contributed by atoms with Gasteiger partial charge in [-0.15, -0.1) is 0 Å². The summed E-state index contributed by atoms with van der Waals surface area (Å²) in [5.41, 5.74) is 1.81. The molecule has 102 valence electrons. The van der Waals surface area contributed by atoms with E-state index in [1.165, 1.54) is 6.20 Å². The molecule has 0 aliphatic carbocycles. The zero-order valence-corrected chi connectivity index (χ0v) is 11.6. The first-order valence-corrected chi connectivity index (χ1v) is 6.46. The molecule has 0 N–H and O–H groups in total. The molecule has 0 saturated heterocycles. The molecule has 0 bridgehead atoms. The first-order valence-electron chi connectivity index (χ1n) is 6.08. The molecule has 3 aromatic rings. The summed E-state index contributed by atoms with van der Waals surface area (Å²) in [6, 6.07) is 3.56. The van der Waals surface area contributed by atoms with E-state index >= 15 is 0 Å². The van der Waals surface area contributed by atoms with Crippen molar-refractivity contribution in [1.82, 2.24) is 24.5 Å². The highest BCUT2D eigenvalue weighted by molar-refractivity contribution is 6.28. The van der Waals surface area contributed by atoms with Crippen molar-refractivity contribution in [2.75, 3.05) is 0 Å². The van der Waals surface area contributed by atoms with Gasteiger partial charge >= 0.3 is 0 Å². The molecule has 0 aliphatic rings. The first kappa shape index (κ1) is 12.9. The van der Waals surface area contributed by atoms with Crippen LogP contribution >= 0.6 is 11.6 Å². The normalized spacial score (nSPS) is 11.4. The van der Waals surface area contributed by atoms with Crippen LogP contribution in [0.3, 0.4) is 0 Å². The molecule has 3 heterocycles. The highest BCUT2D eigenvalue weighted by Crippen LogP contribution is 2.24. The Balaban J connectivity index is 2.25. The molecule has 0 spiro atoms. The van der Waals surface area contributed by atoms with E-state index in [0.717, 1.165) is 0 Å². The average Bonchev–Trinajstić information content (AvgIpc) is 2.83. The zero-order chi connectivity index (χ0) is 14.3. The van der Waals surface area contributed by atoms with Gasteiger partial charge in [-0.05, 0) is 37.6 Å². The van der Waals surface area contributed by atoms with E-state index in [1.54, 1.807) is 18.5 Å². The van der Waals surface area contributed by atoms with E-state index in [2.05, 4.69) is 19.9 Å². The summed E-state index contributed by atoms with van der Waals surface area (Å²) >= 11 is 5.75. The molecule has 0 fully saturated rings. The highest BCUT2D eigenvalue weighted by Gasteiger charge is 2.14. The van der Waals surface area contributed by atoms with Crippen LogP contribution in [0.1, 0.15) is 19.9 Å². The van der Waals surface area contributed by atoms with Gasteiger partial charge in [-0.3, -0.25) is 0 Å². The van der Waals surface area contributed by atoms with Gasteiger partial charge in [0, 0.05) is 12.2 Å². The lowest BCUT2D eigenvalue weighted by atomic mass is 10.2. The molecule has 0 amide bonds. The Morgan fingerprint density at radius 2 is 2.00 bits per heavy atom. The van der Waals surface area contributed by atoms with Crippen LogP contribution in [0.2, 0.25) is 5.28 Å². The summed E-state index contributed by atoms with van der Waals surface area (Å²) < 4.78 is 15.9. The molecule has 0 aromatic carbocycles. The molecule has 20 heavy (non-hydrogen) atoms. The van der Waals surface area contributed by atoms with Gasteiger partial charge in [0.2, 0.25) is 11.2 Å². The predicted molar refractivity (Wildman–Crippen MR) is 73.9 cm³/mol. The monoisotopic (exact) mass is 291 g/mol. The third-order valence-corrected chi connectivity index (χ3v) is 3.15. The number of hydrogen-bond donors (Lipinski definition) is 0. The summed E-state index contributed by atoms with van der Waals surface area (Å²) in [6.07, 6.45) is 3.12. The Morgan fingerprint density at radius 3 is 2.70 bits per heavy atom. The van der Waals surface area contributed by atoms with E-state index in [-0.39, 0.29) is 16.8 Å². The second-order valence-electron chi connectivity index (χ2n) is 4.62. The van der Waals surface area contributed by atoms with Crippen molar-refractivity contribution in [2.24, 2.45) is 0 Å². The van der Waals surface area contributed by atoms with Crippen molar-refractivity contribution in [3.63, 3.8) is 0 Å². The molecule has 0 aliphatic heterocycles. The number of hydrogen-bond acceptors (Lipinski definition) is 4. The van der Waals surface area contributed by atoms with Crippen LogP contribution in [-0.2, 0) is 0 Å². The van der Waals surface area contributed by atoms with Crippen LogP contribution in [0.4, 0.5) is 4.39 Å². The minimum atomic E-state index is -0.619. The first-order chi connectivity index (χ1) is 9.56. The Hall–Kier alpha value is -2.08. The van der Waals surface area contributed by atoms with Gasteiger partial charge in [0.15, 0.2) is 0 Å². The number of aromatic nitrogens is 5. The maximum absolute atomic E-state index is 14.0. The Bertz CT molecular complexity index is 784. The predicted octanol–water partition coefficient (Wildman–Crippen LogP) is 3.26. The summed E-state index contributed by atoms with van der Waals surface area (Å²) in [7, 11) is 0. The number of pyridine rings is 1. The second kappa shape index (κ2) is 4.79. The van der Waals surface area contributed by atoms with Gasteiger partial charge < -0.3 is 4.57 Å². The molecule has 7 heteroatoms. The number of nitrogens with zero attached hydrogens (tertiary/aromatic N) is 5. The summed E-state index contributed by atoms with van der Waals surface area (Å²) in [4.78, 5) is 15.8. The van der Waals surface area contributed by atoms with Gasteiger partial charge in [-0.2, -0.15) is 4.39 Å². The third-order valence-electron chi connectivity index (χ3n) is 2.96. The molecule has 0 atom stereocenters. The molecule has 3 aromatic heterocycles. The zero-order valence-electron chi connectivity index (χ0n) is 10.9. The fourth-order valence-corrected chi connectivity index (χ4v) is 2.16. The van der Waals surface area contributed by atoms with Crippen molar-refractivity contribution in [3.8, 4) is 11.4 Å². The quantitative estimate of drug-likeness (QED) is 0.537. The fraction of sp³-hybridized carbons (Fsp3) is 0.231. The van der Waals surface area contributed by atoms with E-state index < -0.39 is 5.95 Å². The standard InChI is InChI=1S/C13H11ClFN5/c1-7(2)20-6-17-11-10(20)5-9(18-12(11)15)8-3-4-16-13(14)19-8/h3-7H,1-2H3. The molecular weight excluding hydrogens is 281 g/mol. The van der Waals surface area contributed by atoms with Crippen molar-refractivity contribution < 1.29 is 4.39 Å². The van der Waals surface area contributed by atoms with E-state index in [9.17, 15) is 4.39 Å². The van der Waals surface area contributed by atoms with Gasteiger partial charge in [-0.1, -0.05) is 0 Å². The van der Waals surface area contributed by atoms with Crippen LogP contribution in [0.25, 0.3) is 22.4 Å². The smallest absolute Gasteiger partial charge is 0.241 e. The Kier molecular flexibility index (Phi) is 3.10. The minimum Gasteiger partial charge on any atom is -0.328 e. The van der Waals surface area contributed by atoms with E-state index in [4.69, 9.17) is 11.6 Å². The SMILES string of the molecule is CC(C)n1cnc2c(F)nc(-c3ccnc(Cl)n3)cc21. The highest BCUT2D eigenvalue weighted by atomic mass is 35.5. The second-order valence-corrected chi connectivity index (χ2v) is 4.96. The van der Waals surface area contributed by atoms with Crippen LogP contribution < -0.4 is 0 Å². The van der Waals surface area contributed by atoms with Gasteiger partial charge in [0.1, 0.15) is 5.52 Å². The lowest BCUT2D eigenvalue weighted by Gasteiger charge is -2.08. The fourth-order valence-electron chi connectivity index (χ4n) is 2.01. The number of imidazole rings is 1. The Morgan fingerprint density at radius 1 is 1.20 bits per heavy atom. The molecule has 5 nitrogen and oxygen atoms in total. The number of rotatable bonds is 2. The van der Waals surface area contributed by atoms with Crippen molar-refractivity contribution in [3.05, 3.63) is 35.9 Å². The maximum atomic E-state index is 14.0.